The van der Waals surface area contributed by atoms with Gasteiger partial charge >= 0.3 is 5.69 Å². The molecule has 0 saturated heterocycles. The van der Waals surface area contributed by atoms with Crippen molar-refractivity contribution in [2.45, 2.75) is 20.3 Å². The zero-order valence-electron chi connectivity index (χ0n) is 10.5. The average Bonchev–Trinajstić information content (AvgIpc) is 2.33. The number of aromatic amines is 1. The molecule has 1 heterocycles. The summed E-state index contributed by atoms with van der Waals surface area (Å²) in [7, 11) is 0. The zero-order valence-corrected chi connectivity index (χ0v) is 12.8. The van der Waals surface area contributed by atoms with Crippen molar-refractivity contribution in [2.75, 3.05) is 0 Å². The number of benzene rings is 1. The number of halogens is 2. The number of nitrogens with one attached hydrogen (secondary N) is 1. The van der Waals surface area contributed by atoms with E-state index < -0.39 is 5.69 Å². The summed E-state index contributed by atoms with van der Waals surface area (Å²) in [6.07, 6.45) is 0.456. The first-order valence-corrected chi connectivity index (χ1v) is 6.93. The first-order valence-electron chi connectivity index (χ1n) is 5.76. The van der Waals surface area contributed by atoms with Gasteiger partial charge in [0.1, 0.15) is 5.15 Å². The van der Waals surface area contributed by atoms with Crippen molar-refractivity contribution in [3.63, 3.8) is 0 Å². The van der Waals surface area contributed by atoms with Crippen LogP contribution in [0.2, 0.25) is 5.15 Å². The van der Waals surface area contributed by atoms with Crippen LogP contribution in [0.5, 0.6) is 0 Å². The van der Waals surface area contributed by atoms with Crippen LogP contribution in [0.3, 0.4) is 0 Å². The molecule has 1 aromatic carbocycles. The molecule has 0 unspecified atom stereocenters. The lowest BCUT2D eigenvalue weighted by Gasteiger charge is -2.10. The van der Waals surface area contributed by atoms with E-state index in [9.17, 15) is 9.59 Å². The van der Waals surface area contributed by atoms with Gasteiger partial charge in [-0.1, -0.05) is 24.6 Å². The van der Waals surface area contributed by atoms with Gasteiger partial charge in [-0.2, -0.15) is 0 Å². The minimum Gasteiger partial charge on any atom is -0.297 e. The Bertz CT molecular complexity index is 749. The van der Waals surface area contributed by atoms with Crippen LogP contribution in [-0.2, 0) is 6.42 Å². The van der Waals surface area contributed by atoms with Gasteiger partial charge in [0.05, 0.1) is 11.3 Å². The van der Waals surface area contributed by atoms with E-state index >= 15 is 0 Å². The molecule has 4 nitrogen and oxygen atoms in total. The summed E-state index contributed by atoms with van der Waals surface area (Å²) >= 11 is 9.24. The highest BCUT2D eigenvalue weighted by Crippen LogP contribution is 2.20. The standard InChI is InChI=1S/C13H12BrClN2O2/c1-3-8-11(15)16-13(19)17(12(8)18)10-6-7(2)4-5-9(10)14/h4-6H,3H2,1-2H3,(H,16,19). The van der Waals surface area contributed by atoms with E-state index in [1.54, 1.807) is 12.1 Å². The monoisotopic (exact) mass is 342 g/mol. The third kappa shape index (κ3) is 2.53. The fourth-order valence-corrected chi connectivity index (χ4v) is 2.58. The van der Waals surface area contributed by atoms with Gasteiger partial charge in [0.2, 0.25) is 0 Å². The molecule has 0 radical (unpaired) electrons. The highest BCUT2D eigenvalue weighted by atomic mass is 79.9. The summed E-state index contributed by atoms with van der Waals surface area (Å²) in [6.45, 7) is 3.71. The van der Waals surface area contributed by atoms with E-state index in [1.165, 1.54) is 0 Å². The summed E-state index contributed by atoms with van der Waals surface area (Å²) in [5.74, 6) is 0. The van der Waals surface area contributed by atoms with Gasteiger partial charge in [-0.3, -0.25) is 9.78 Å². The van der Waals surface area contributed by atoms with Crippen LogP contribution in [0.15, 0.2) is 32.3 Å². The zero-order chi connectivity index (χ0) is 14.2. The van der Waals surface area contributed by atoms with Crippen molar-refractivity contribution >= 4 is 27.5 Å². The topological polar surface area (TPSA) is 54.9 Å². The molecule has 2 rings (SSSR count). The maximum absolute atomic E-state index is 12.3. The summed E-state index contributed by atoms with van der Waals surface area (Å²) in [5, 5.41) is 0.109. The van der Waals surface area contributed by atoms with E-state index in [0.717, 1.165) is 10.1 Å². The molecule has 0 fully saturated rings. The van der Waals surface area contributed by atoms with Gasteiger partial charge < -0.3 is 0 Å². The predicted octanol–water partition coefficient (Wildman–Crippen LogP) is 2.81. The number of aryl methyl sites for hydroxylation is 1. The molecule has 0 saturated carbocycles. The Morgan fingerprint density at radius 3 is 2.68 bits per heavy atom. The fraction of sp³-hybridized carbons (Fsp3) is 0.231. The van der Waals surface area contributed by atoms with Crippen LogP contribution in [0, 0.1) is 6.92 Å². The van der Waals surface area contributed by atoms with Gasteiger partial charge in [0, 0.05) is 4.47 Å². The maximum Gasteiger partial charge on any atom is 0.334 e. The highest BCUT2D eigenvalue weighted by Gasteiger charge is 2.14. The average molecular weight is 344 g/mol. The Balaban J connectivity index is 2.87. The van der Waals surface area contributed by atoms with Gasteiger partial charge in [-0.15, -0.1) is 0 Å². The lowest BCUT2D eigenvalue weighted by atomic mass is 10.2. The first-order chi connectivity index (χ1) is 8.95. The second kappa shape index (κ2) is 5.35. The second-order valence-corrected chi connectivity index (χ2v) is 5.40. The minimum absolute atomic E-state index is 0.109. The normalized spacial score (nSPS) is 10.7. The van der Waals surface area contributed by atoms with Crippen molar-refractivity contribution in [1.29, 1.82) is 0 Å². The van der Waals surface area contributed by atoms with E-state index in [0.29, 0.717) is 22.1 Å². The molecule has 1 aromatic heterocycles. The fourth-order valence-electron chi connectivity index (χ4n) is 1.87. The van der Waals surface area contributed by atoms with E-state index in [-0.39, 0.29) is 10.7 Å². The first kappa shape index (κ1) is 14.1. The Kier molecular flexibility index (Phi) is 3.96. The van der Waals surface area contributed by atoms with Crippen LogP contribution in [0.1, 0.15) is 18.1 Å². The van der Waals surface area contributed by atoms with E-state index in [1.807, 2.05) is 19.9 Å². The molecule has 0 amide bonds. The number of hydrogen-bond donors (Lipinski definition) is 1. The third-order valence-corrected chi connectivity index (χ3v) is 3.84. The Hall–Kier alpha value is -1.33. The quantitative estimate of drug-likeness (QED) is 0.853. The SMILES string of the molecule is CCc1c(Cl)[nH]c(=O)n(-c2cc(C)ccc2Br)c1=O. The number of rotatable bonds is 2. The van der Waals surface area contributed by atoms with Gasteiger partial charge in [0.25, 0.3) is 5.56 Å². The molecule has 6 heteroatoms. The van der Waals surface area contributed by atoms with Crippen molar-refractivity contribution in [1.82, 2.24) is 9.55 Å². The Labute approximate surface area is 123 Å². The number of H-pyrrole nitrogens is 1. The predicted molar refractivity (Wildman–Crippen MR) is 79.5 cm³/mol. The van der Waals surface area contributed by atoms with Crippen LogP contribution in [0.25, 0.3) is 5.69 Å². The molecule has 0 atom stereocenters. The molecular formula is C13H12BrClN2O2. The van der Waals surface area contributed by atoms with Crippen molar-refractivity contribution < 1.29 is 0 Å². The highest BCUT2D eigenvalue weighted by molar-refractivity contribution is 9.10. The molecule has 100 valence electrons. The molecule has 0 aliphatic heterocycles. The summed E-state index contributed by atoms with van der Waals surface area (Å²) in [6, 6.07) is 5.47. The van der Waals surface area contributed by atoms with Crippen LogP contribution in [-0.4, -0.2) is 9.55 Å². The molecule has 0 aliphatic rings. The van der Waals surface area contributed by atoms with Crippen molar-refractivity contribution in [2.24, 2.45) is 0 Å². The smallest absolute Gasteiger partial charge is 0.297 e. The Morgan fingerprint density at radius 1 is 1.37 bits per heavy atom. The number of nitrogens with zero attached hydrogens (tertiary/aromatic N) is 1. The Morgan fingerprint density at radius 2 is 2.05 bits per heavy atom. The maximum atomic E-state index is 12.3. The van der Waals surface area contributed by atoms with Crippen LogP contribution in [0.4, 0.5) is 0 Å². The molecule has 2 aromatic rings. The largest absolute Gasteiger partial charge is 0.334 e. The number of aromatic nitrogens is 2. The molecule has 0 spiro atoms. The lowest BCUT2D eigenvalue weighted by molar-refractivity contribution is 0.838. The lowest BCUT2D eigenvalue weighted by Crippen LogP contribution is -2.36. The third-order valence-electron chi connectivity index (χ3n) is 2.84. The second-order valence-electron chi connectivity index (χ2n) is 4.17. The van der Waals surface area contributed by atoms with Gasteiger partial charge in [0.15, 0.2) is 0 Å². The number of hydrogen-bond acceptors (Lipinski definition) is 2. The van der Waals surface area contributed by atoms with E-state index in [4.69, 9.17) is 11.6 Å². The molecule has 0 aliphatic carbocycles. The summed E-state index contributed by atoms with van der Waals surface area (Å²) < 4.78 is 1.78. The van der Waals surface area contributed by atoms with E-state index in [2.05, 4.69) is 20.9 Å². The minimum atomic E-state index is -0.543. The van der Waals surface area contributed by atoms with Gasteiger partial charge in [-0.25, -0.2) is 9.36 Å². The molecule has 1 N–H and O–H groups in total. The molecular weight excluding hydrogens is 332 g/mol. The van der Waals surface area contributed by atoms with Crippen molar-refractivity contribution in [3.8, 4) is 5.69 Å². The van der Waals surface area contributed by atoms with Crippen LogP contribution >= 0.6 is 27.5 Å². The summed E-state index contributed by atoms with van der Waals surface area (Å²) in [4.78, 5) is 26.8. The van der Waals surface area contributed by atoms with Gasteiger partial charge in [-0.05, 0) is 47.0 Å². The molecule has 19 heavy (non-hydrogen) atoms. The van der Waals surface area contributed by atoms with Crippen molar-refractivity contribution in [3.05, 3.63) is 59.8 Å². The molecule has 0 bridgehead atoms. The summed E-state index contributed by atoms with van der Waals surface area (Å²) in [5.41, 5.74) is 0.936. The van der Waals surface area contributed by atoms with Crippen LogP contribution < -0.4 is 11.2 Å².